The van der Waals surface area contributed by atoms with E-state index >= 15 is 0 Å². The molecule has 0 amide bonds. The van der Waals surface area contributed by atoms with Crippen molar-refractivity contribution in [2.24, 2.45) is 0 Å². The summed E-state index contributed by atoms with van der Waals surface area (Å²) < 4.78 is 0. The zero-order valence-electron chi connectivity index (χ0n) is 12.1. The average molecular weight is 341 g/mol. The Bertz CT molecular complexity index is 717. The number of hydrogen-bond donors (Lipinski definition) is 1. The molecule has 0 fully saturated rings. The second-order valence-electron chi connectivity index (χ2n) is 5.62. The van der Waals surface area contributed by atoms with Gasteiger partial charge in [0.05, 0.1) is 15.5 Å². The number of hydrogen-bond acceptors (Lipinski definition) is 4. The number of aliphatic hydroxyl groups is 1. The Morgan fingerprint density at radius 2 is 1.86 bits per heavy atom. The highest BCUT2D eigenvalue weighted by atomic mass is 35.5. The molecular weight excluding hydrogens is 327 g/mol. The fraction of sp³-hybridized carbons (Fsp3) is 0.312. The lowest BCUT2D eigenvalue weighted by Gasteiger charge is -2.32. The first-order valence-electron chi connectivity index (χ1n) is 6.66. The first kappa shape index (κ1) is 16.7. The standard InChI is InChI=1S/C16H14Cl2O4/c1-16(2)9-7-11(18)10(17)6-8(9)14(21)13(15(16)22)12(20)4-3-5-19/h5-7,21H,3-4H2,1-2H3. The van der Waals surface area contributed by atoms with Crippen LogP contribution in [0.5, 0.6) is 0 Å². The number of fused-ring (bicyclic) bond motifs is 1. The number of carbonyl (C=O) groups is 3. The van der Waals surface area contributed by atoms with Crippen molar-refractivity contribution < 1.29 is 19.5 Å². The molecule has 116 valence electrons. The monoisotopic (exact) mass is 340 g/mol. The van der Waals surface area contributed by atoms with Crippen molar-refractivity contribution in [2.45, 2.75) is 32.1 Å². The molecule has 0 bridgehead atoms. The molecular formula is C16H14Cl2O4. The number of carbonyl (C=O) groups excluding carboxylic acids is 3. The highest BCUT2D eigenvalue weighted by Crippen LogP contribution is 2.42. The van der Waals surface area contributed by atoms with Gasteiger partial charge in [-0.15, -0.1) is 0 Å². The zero-order chi connectivity index (χ0) is 16.7. The summed E-state index contributed by atoms with van der Waals surface area (Å²) in [6.45, 7) is 3.30. The average Bonchev–Trinajstić information content (AvgIpc) is 2.45. The Morgan fingerprint density at radius 1 is 1.27 bits per heavy atom. The van der Waals surface area contributed by atoms with E-state index < -0.39 is 22.7 Å². The molecule has 0 aromatic heterocycles. The van der Waals surface area contributed by atoms with Gasteiger partial charge in [-0.1, -0.05) is 23.2 Å². The van der Waals surface area contributed by atoms with Gasteiger partial charge in [-0.2, -0.15) is 0 Å². The van der Waals surface area contributed by atoms with Gasteiger partial charge in [0.15, 0.2) is 11.6 Å². The van der Waals surface area contributed by atoms with Crippen LogP contribution in [0.15, 0.2) is 17.7 Å². The Balaban J connectivity index is 2.68. The van der Waals surface area contributed by atoms with Crippen LogP contribution < -0.4 is 0 Å². The van der Waals surface area contributed by atoms with Crippen LogP contribution in [-0.4, -0.2) is 23.0 Å². The summed E-state index contributed by atoms with van der Waals surface area (Å²) in [6, 6.07) is 2.97. The third kappa shape index (κ3) is 2.57. The summed E-state index contributed by atoms with van der Waals surface area (Å²) in [5.74, 6) is -1.46. The van der Waals surface area contributed by atoms with Crippen molar-refractivity contribution in [3.8, 4) is 0 Å². The molecule has 0 saturated carbocycles. The van der Waals surface area contributed by atoms with Gasteiger partial charge in [0.2, 0.25) is 0 Å². The van der Waals surface area contributed by atoms with Crippen molar-refractivity contribution in [1.82, 2.24) is 0 Å². The van der Waals surface area contributed by atoms with Crippen LogP contribution >= 0.6 is 23.2 Å². The second-order valence-corrected chi connectivity index (χ2v) is 6.43. The molecule has 0 spiro atoms. The highest BCUT2D eigenvalue weighted by molar-refractivity contribution is 6.42. The molecule has 0 aliphatic heterocycles. The van der Waals surface area contributed by atoms with Gasteiger partial charge in [0, 0.05) is 18.4 Å². The molecule has 6 heteroatoms. The molecule has 1 aliphatic carbocycles. The van der Waals surface area contributed by atoms with Crippen LogP contribution in [0.3, 0.4) is 0 Å². The number of Topliss-reactive ketones (excluding diaryl/α,β-unsaturated/α-hetero) is 2. The molecule has 1 aromatic carbocycles. The number of ketones is 2. The van der Waals surface area contributed by atoms with Crippen LogP contribution in [0.1, 0.15) is 37.8 Å². The van der Waals surface area contributed by atoms with Gasteiger partial charge in [-0.3, -0.25) is 9.59 Å². The maximum Gasteiger partial charge on any atom is 0.180 e. The van der Waals surface area contributed by atoms with Gasteiger partial charge in [0.1, 0.15) is 17.6 Å². The van der Waals surface area contributed by atoms with Crippen molar-refractivity contribution in [1.29, 1.82) is 0 Å². The van der Waals surface area contributed by atoms with E-state index in [1.54, 1.807) is 13.8 Å². The van der Waals surface area contributed by atoms with E-state index in [9.17, 15) is 19.5 Å². The molecule has 2 rings (SSSR count). The van der Waals surface area contributed by atoms with Crippen LogP contribution in [0.25, 0.3) is 5.76 Å². The molecule has 0 atom stereocenters. The van der Waals surface area contributed by atoms with Crippen molar-refractivity contribution in [3.05, 3.63) is 38.9 Å². The fourth-order valence-electron chi connectivity index (χ4n) is 2.51. The number of halogens is 2. The number of rotatable bonds is 4. The first-order chi connectivity index (χ1) is 10.2. The molecule has 22 heavy (non-hydrogen) atoms. The third-order valence-corrected chi connectivity index (χ3v) is 4.51. The maximum atomic E-state index is 12.6. The number of aldehydes is 1. The molecule has 0 heterocycles. The normalized spacial score (nSPS) is 16.5. The summed E-state index contributed by atoms with van der Waals surface area (Å²) >= 11 is 12.0. The van der Waals surface area contributed by atoms with Gasteiger partial charge < -0.3 is 9.90 Å². The first-order valence-corrected chi connectivity index (χ1v) is 7.42. The van der Waals surface area contributed by atoms with E-state index in [2.05, 4.69) is 0 Å². The number of aliphatic hydroxyl groups excluding tert-OH is 1. The van der Waals surface area contributed by atoms with E-state index in [-0.39, 0.29) is 28.5 Å². The van der Waals surface area contributed by atoms with Gasteiger partial charge in [-0.25, -0.2) is 0 Å². The third-order valence-electron chi connectivity index (χ3n) is 3.79. The summed E-state index contributed by atoms with van der Waals surface area (Å²) in [7, 11) is 0. The summed E-state index contributed by atoms with van der Waals surface area (Å²) in [4.78, 5) is 35.2. The number of benzene rings is 1. The molecule has 0 unspecified atom stereocenters. The second kappa shape index (κ2) is 5.86. The Labute approximate surface area is 137 Å². The van der Waals surface area contributed by atoms with Gasteiger partial charge >= 0.3 is 0 Å². The molecule has 0 saturated heterocycles. The lowest BCUT2D eigenvalue weighted by atomic mass is 9.70. The van der Waals surface area contributed by atoms with E-state index in [0.29, 0.717) is 17.4 Å². The highest BCUT2D eigenvalue weighted by Gasteiger charge is 2.43. The minimum Gasteiger partial charge on any atom is -0.506 e. The van der Waals surface area contributed by atoms with Crippen molar-refractivity contribution in [2.75, 3.05) is 0 Å². The van der Waals surface area contributed by atoms with Crippen LogP contribution in [-0.2, 0) is 19.8 Å². The molecule has 1 aliphatic rings. The lowest BCUT2D eigenvalue weighted by molar-refractivity contribution is -0.125. The van der Waals surface area contributed by atoms with Gasteiger partial charge in [0.25, 0.3) is 0 Å². The quantitative estimate of drug-likeness (QED) is 0.670. The van der Waals surface area contributed by atoms with Crippen LogP contribution in [0, 0.1) is 0 Å². The van der Waals surface area contributed by atoms with Gasteiger partial charge in [-0.05, 0) is 31.5 Å². The summed E-state index contributed by atoms with van der Waals surface area (Å²) in [5, 5.41) is 10.8. The minimum atomic E-state index is -1.03. The number of allylic oxidation sites excluding steroid dienone is 1. The molecule has 1 aromatic rings. The minimum absolute atomic E-state index is 0.00243. The predicted octanol–water partition coefficient (Wildman–Crippen LogP) is 3.67. The van der Waals surface area contributed by atoms with E-state index in [0.717, 1.165) is 0 Å². The molecule has 1 N–H and O–H groups in total. The zero-order valence-corrected chi connectivity index (χ0v) is 13.6. The Kier molecular flexibility index (Phi) is 4.45. The maximum absolute atomic E-state index is 12.6. The topological polar surface area (TPSA) is 71.4 Å². The van der Waals surface area contributed by atoms with Crippen LogP contribution in [0.2, 0.25) is 10.0 Å². The lowest BCUT2D eigenvalue weighted by Crippen LogP contribution is -2.37. The summed E-state index contributed by atoms with van der Waals surface area (Å²) in [5.41, 5.74) is -0.482. The van der Waals surface area contributed by atoms with E-state index in [1.807, 2.05) is 0 Å². The summed E-state index contributed by atoms with van der Waals surface area (Å²) in [6.07, 6.45) is 0.470. The molecule has 4 nitrogen and oxygen atoms in total. The smallest absolute Gasteiger partial charge is 0.180 e. The van der Waals surface area contributed by atoms with Crippen LogP contribution in [0.4, 0.5) is 0 Å². The van der Waals surface area contributed by atoms with E-state index in [1.165, 1.54) is 12.1 Å². The molecule has 0 radical (unpaired) electrons. The largest absolute Gasteiger partial charge is 0.506 e. The Morgan fingerprint density at radius 3 is 2.45 bits per heavy atom. The van der Waals surface area contributed by atoms with E-state index in [4.69, 9.17) is 23.2 Å². The SMILES string of the molecule is CC1(C)C(=O)C(C(=O)CCC=O)=C(O)c2cc(Cl)c(Cl)cc21. The predicted molar refractivity (Wildman–Crippen MR) is 84.3 cm³/mol. The fourth-order valence-corrected chi connectivity index (χ4v) is 2.84. The Hall–Kier alpha value is -1.65. The van der Waals surface area contributed by atoms with Crippen molar-refractivity contribution in [3.63, 3.8) is 0 Å². The van der Waals surface area contributed by atoms with Crippen molar-refractivity contribution >= 4 is 46.8 Å².